The molecule has 0 radical (unpaired) electrons. The Balaban J connectivity index is 2.48. The molecule has 2 N–H and O–H groups in total. The summed E-state index contributed by atoms with van der Waals surface area (Å²) < 4.78 is 5.11. The van der Waals surface area contributed by atoms with Crippen LogP contribution in [0.5, 0.6) is 0 Å². The van der Waals surface area contributed by atoms with Gasteiger partial charge in [-0.15, -0.1) is 0 Å². The Bertz CT molecular complexity index is 422. The average molecular weight is 282 g/mol. The molecular formula is C14H22N2O4. The molecule has 1 rings (SSSR count). The summed E-state index contributed by atoms with van der Waals surface area (Å²) in [5.41, 5.74) is -0.0200. The molecule has 1 aromatic carbocycles. The zero-order valence-electron chi connectivity index (χ0n) is 12.3. The summed E-state index contributed by atoms with van der Waals surface area (Å²) in [5, 5.41) is 13.9. The molecule has 0 aliphatic carbocycles. The molecule has 0 heterocycles. The molecule has 6 heteroatoms. The molecule has 1 aromatic rings. The summed E-state index contributed by atoms with van der Waals surface area (Å²) in [6.45, 7) is 3.53. The van der Waals surface area contributed by atoms with Crippen molar-refractivity contribution in [3.05, 3.63) is 35.9 Å². The lowest BCUT2D eigenvalue weighted by atomic mass is 10.0. The number of nitrogens with zero attached hydrogens (tertiary/aromatic N) is 1. The zero-order chi connectivity index (χ0) is 15.2. The molecule has 0 spiro atoms. The predicted octanol–water partition coefficient (Wildman–Crippen LogP) is 1.50. The van der Waals surface area contributed by atoms with Gasteiger partial charge in [-0.05, 0) is 19.4 Å². The average Bonchev–Trinajstić information content (AvgIpc) is 2.44. The molecule has 1 amide bonds. The lowest BCUT2D eigenvalue weighted by Crippen LogP contribution is -2.57. The minimum atomic E-state index is -1.00. The SMILES string of the molecule is CON(C)C(O)C(C)(C)NC(=O)OCc1ccccc1. The van der Waals surface area contributed by atoms with E-state index in [0.717, 1.165) is 5.56 Å². The number of alkyl carbamates (subject to hydrolysis) is 1. The Kier molecular flexibility index (Phi) is 5.94. The highest BCUT2D eigenvalue weighted by Crippen LogP contribution is 2.13. The van der Waals surface area contributed by atoms with Crippen LogP contribution in [-0.2, 0) is 16.2 Å². The van der Waals surface area contributed by atoms with Gasteiger partial charge < -0.3 is 15.2 Å². The molecule has 20 heavy (non-hydrogen) atoms. The van der Waals surface area contributed by atoms with Crippen LogP contribution < -0.4 is 5.32 Å². The number of amides is 1. The first-order valence-electron chi connectivity index (χ1n) is 6.30. The second-order valence-electron chi connectivity index (χ2n) is 5.01. The van der Waals surface area contributed by atoms with Crippen LogP contribution in [0.15, 0.2) is 30.3 Å². The van der Waals surface area contributed by atoms with Gasteiger partial charge in [-0.3, -0.25) is 4.84 Å². The molecule has 6 nitrogen and oxygen atoms in total. The zero-order valence-corrected chi connectivity index (χ0v) is 12.3. The van der Waals surface area contributed by atoms with Crippen molar-refractivity contribution in [3.63, 3.8) is 0 Å². The van der Waals surface area contributed by atoms with Gasteiger partial charge in [0.25, 0.3) is 0 Å². The fourth-order valence-electron chi connectivity index (χ4n) is 1.64. The summed E-state index contributed by atoms with van der Waals surface area (Å²) >= 11 is 0. The fraction of sp³-hybridized carbons (Fsp3) is 0.500. The number of aliphatic hydroxyl groups excluding tert-OH is 1. The van der Waals surface area contributed by atoms with E-state index in [-0.39, 0.29) is 6.61 Å². The van der Waals surface area contributed by atoms with Crippen molar-refractivity contribution >= 4 is 6.09 Å². The molecule has 0 aliphatic heterocycles. The van der Waals surface area contributed by atoms with E-state index < -0.39 is 17.9 Å². The normalized spacial score (nSPS) is 13.1. The van der Waals surface area contributed by atoms with Gasteiger partial charge >= 0.3 is 6.09 Å². The Morgan fingerprint density at radius 3 is 2.55 bits per heavy atom. The first-order chi connectivity index (χ1) is 9.36. The fourth-order valence-corrected chi connectivity index (χ4v) is 1.64. The number of rotatable bonds is 6. The highest BCUT2D eigenvalue weighted by molar-refractivity contribution is 5.68. The van der Waals surface area contributed by atoms with E-state index in [4.69, 9.17) is 9.57 Å². The second-order valence-corrected chi connectivity index (χ2v) is 5.01. The quantitative estimate of drug-likeness (QED) is 0.611. The summed E-state index contributed by atoms with van der Waals surface area (Å²) in [6, 6.07) is 9.37. The highest BCUT2D eigenvalue weighted by Gasteiger charge is 2.33. The van der Waals surface area contributed by atoms with Gasteiger partial charge in [0.1, 0.15) is 6.61 Å². The monoisotopic (exact) mass is 282 g/mol. The molecule has 1 unspecified atom stereocenters. The van der Waals surface area contributed by atoms with Crippen molar-refractivity contribution in [2.24, 2.45) is 0 Å². The largest absolute Gasteiger partial charge is 0.445 e. The maximum Gasteiger partial charge on any atom is 0.408 e. The number of carbonyl (C=O) groups is 1. The number of carbonyl (C=O) groups excluding carboxylic acids is 1. The molecule has 0 saturated carbocycles. The van der Waals surface area contributed by atoms with E-state index in [1.165, 1.54) is 12.2 Å². The summed E-state index contributed by atoms with van der Waals surface area (Å²) in [5.74, 6) is 0. The van der Waals surface area contributed by atoms with Gasteiger partial charge in [0, 0.05) is 7.05 Å². The van der Waals surface area contributed by atoms with Gasteiger partial charge in [0.2, 0.25) is 0 Å². The standard InChI is InChI=1S/C14H22N2O4/c1-14(2,12(17)16(3)19-4)15-13(18)20-10-11-8-6-5-7-9-11/h5-9,12,17H,10H2,1-4H3,(H,15,18). The maximum absolute atomic E-state index is 11.7. The van der Waals surface area contributed by atoms with E-state index >= 15 is 0 Å². The van der Waals surface area contributed by atoms with Crippen LogP contribution in [0.4, 0.5) is 4.79 Å². The third-order valence-electron chi connectivity index (χ3n) is 2.91. The Labute approximate surface area is 119 Å². The molecule has 0 bridgehead atoms. The summed E-state index contributed by atoms with van der Waals surface area (Å²) in [7, 11) is 3.01. The number of nitrogens with one attached hydrogen (secondary N) is 1. The van der Waals surface area contributed by atoms with Crippen LogP contribution in [0, 0.1) is 0 Å². The summed E-state index contributed by atoms with van der Waals surface area (Å²) in [6.07, 6.45) is -1.60. The third kappa shape index (κ3) is 4.80. The van der Waals surface area contributed by atoms with Crippen molar-refractivity contribution in [3.8, 4) is 0 Å². The van der Waals surface area contributed by atoms with Crippen LogP contribution in [-0.4, -0.2) is 42.2 Å². The van der Waals surface area contributed by atoms with Gasteiger partial charge in [0.15, 0.2) is 6.23 Å². The highest BCUT2D eigenvalue weighted by atomic mass is 16.7. The summed E-state index contributed by atoms with van der Waals surface area (Å²) in [4.78, 5) is 16.6. The van der Waals surface area contributed by atoms with Gasteiger partial charge in [-0.25, -0.2) is 4.79 Å². The van der Waals surface area contributed by atoms with Crippen LogP contribution in [0.3, 0.4) is 0 Å². The number of hydrogen-bond acceptors (Lipinski definition) is 5. The number of aliphatic hydroxyl groups is 1. The van der Waals surface area contributed by atoms with Crippen LogP contribution in [0.25, 0.3) is 0 Å². The van der Waals surface area contributed by atoms with E-state index in [9.17, 15) is 9.90 Å². The van der Waals surface area contributed by atoms with Crippen molar-refractivity contribution in [1.29, 1.82) is 0 Å². The molecule has 0 aliphatic rings. The topological polar surface area (TPSA) is 71.0 Å². The first-order valence-corrected chi connectivity index (χ1v) is 6.30. The van der Waals surface area contributed by atoms with E-state index in [1.807, 2.05) is 30.3 Å². The van der Waals surface area contributed by atoms with Gasteiger partial charge in [0.05, 0.1) is 12.6 Å². The van der Waals surface area contributed by atoms with Crippen molar-refractivity contribution in [1.82, 2.24) is 10.4 Å². The Hall–Kier alpha value is -1.63. The van der Waals surface area contributed by atoms with Crippen molar-refractivity contribution in [2.45, 2.75) is 32.2 Å². The smallest absolute Gasteiger partial charge is 0.408 e. The minimum Gasteiger partial charge on any atom is -0.445 e. The number of ether oxygens (including phenoxy) is 1. The van der Waals surface area contributed by atoms with E-state index in [2.05, 4.69) is 5.32 Å². The Morgan fingerprint density at radius 2 is 2.00 bits per heavy atom. The first kappa shape index (κ1) is 16.4. The van der Waals surface area contributed by atoms with Crippen molar-refractivity contribution in [2.75, 3.05) is 14.2 Å². The van der Waals surface area contributed by atoms with E-state index in [0.29, 0.717) is 0 Å². The lowest BCUT2D eigenvalue weighted by Gasteiger charge is -2.35. The number of likely N-dealkylation sites (N-methyl/N-ethyl adjacent to an activating group) is 1. The number of hydrogen-bond donors (Lipinski definition) is 2. The molecular weight excluding hydrogens is 260 g/mol. The molecule has 1 atom stereocenters. The Morgan fingerprint density at radius 1 is 1.40 bits per heavy atom. The van der Waals surface area contributed by atoms with Crippen LogP contribution in [0.2, 0.25) is 0 Å². The third-order valence-corrected chi connectivity index (χ3v) is 2.91. The molecule has 112 valence electrons. The number of benzene rings is 1. The van der Waals surface area contributed by atoms with Crippen molar-refractivity contribution < 1.29 is 19.5 Å². The molecule has 0 aromatic heterocycles. The second kappa shape index (κ2) is 7.23. The van der Waals surface area contributed by atoms with Crippen LogP contribution >= 0.6 is 0 Å². The maximum atomic E-state index is 11.7. The lowest BCUT2D eigenvalue weighted by molar-refractivity contribution is -0.223. The number of hydroxylamine groups is 2. The van der Waals surface area contributed by atoms with E-state index in [1.54, 1.807) is 20.9 Å². The molecule has 0 saturated heterocycles. The predicted molar refractivity (Wildman–Crippen MR) is 74.6 cm³/mol. The molecule has 0 fully saturated rings. The van der Waals surface area contributed by atoms with Crippen LogP contribution in [0.1, 0.15) is 19.4 Å². The van der Waals surface area contributed by atoms with Gasteiger partial charge in [-0.2, -0.15) is 5.06 Å². The van der Waals surface area contributed by atoms with Gasteiger partial charge in [-0.1, -0.05) is 30.3 Å². The minimum absolute atomic E-state index is 0.180.